The molecule has 1 unspecified atom stereocenters. The van der Waals surface area contributed by atoms with Crippen molar-refractivity contribution in [3.05, 3.63) is 71.3 Å². The van der Waals surface area contributed by atoms with Crippen LogP contribution in [-0.2, 0) is 6.42 Å². The van der Waals surface area contributed by atoms with Gasteiger partial charge in [-0.15, -0.1) is 0 Å². The lowest BCUT2D eigenvalue weighted by Crippen LogP contribution is -2.26. The van der Waals surface area contributed by atoms with E-state index in [2.05, 4.69) is 66.8 Å². The lowest BCUT2D eigenvalue weighted by atomic mass is 9.82. The van der Waals surface area contributed by atoms with Gasteiger partial charge < -0.3 is 5.32 Å². The molecule has 1 aliphatic carbocycles. The molecule has 0 aromatic heterocycles. The molecule has 0 saturated heterocycles. The molecule has 20 heavy (non-hydrogen) atoms. The summed E-state index contributed by atoms with van der Waals surface area (Å²) in [6.07, 6.45) is 3.88. The van der Waals surface area contributed by atoms with E-state index in [4.69, 9.17) is 0 Å². The van der Waals surface area contributed by atoms with Crippen LogP contribution in [0.1, 0.15) is 48.4 Å². The molecule has 2 aromatic carbocycles. The third-order valence-corrected chi connectivity index (χ3v) is 4.46. The van der Waals surface area contributed by atoms with E-state index in [0.717, 1.165) is 6.54 Å². The third kappa shape index (κ3) is 2.94. The van der Waals surface area contributed by atoms with Crippen LogP contribution in [0.2, 0.25) is 0 Å². The Kier molecular flexibility index (Phi) is 4.17. The maximum Gasteiger partial charge on any atom is 0.0292 e. The van der Waals surface area contributed by atoms with E-state index in [1.165, 1.54) is 24.8 Å². The van der Waals surface area contributed by atoms with Gasteiger partial charge in [0.25, 0.3) is 0 Å². The minimum atomic E-state index is 0.422. The fourth-order valence-electron chi connectivity index (χ4n) is 3.25. The maximum absolute atomic E-state index is 3.71. The van der Waals surface area contributed by atoms with Crippen molar-refractivity contribution in [2.45, 2.75) is 38.1 Å². The monoisotopic (exact) mass is 265 g/mol. The third-order valence-electron chi connectivity index (χ3n) is 4.46. The highest BCUT2D eigenvalue weighted by atomic mass is 14.9. The fraction of sp³-hybridized carbons (Fsp3) is 0.368. The Morgan fingerprint density at radius 3 is 2.65 bits per heavy atom. The normalized spacial score (nSPS) is 19.4. The summed E-state index contributed by atoms with van der Waals surface area (Å²) in [5.74, 6) is 0.672. The van der Waals surface area contributed by atoms with Crippen molar-refractivity contribution in [2.75, 3.05) is 6.54 Å². The molecule has 0 saturated carbocycles. The molecule has 3 rings (SSSR count). The molecule has 1 N–H and O–H groups in total. The average Bonchev–Trinajstić information content (AvgIpc) is 2.53. The van der Waals surface area contributed by atoms with Gasteiger partial charge in [-0.2, -0.15) is 0 Å². The van der Waals surface area contributed by atoms with Crippen molar-refractivity contribution in [1.82, 2.24) is 5.32 Å². The van der Waals surface area contributed by atoms with Crippen LogP contribution in [-0.4, -0.2) is 6.54 Å². The smallest absolute Gasteiger partial charge is 0.0292 e. The van der Waals surface area contributed by atoms with E-state index in [0.29, 0.717) is 12.0 Å². The van der Waals surface area contributed by atoms with E-state index in [9.17, 15) is 0 Å². The van der Waals surface area contributed by atoms with Gasteiger partial charge in [0.2, 0.25) is 0 Å². The lowest BCUT2D eigenvalue weighted by Gasteiger charge is -2.27. The average molecular weight is 265 g/mol. The number of hydrogen-bond acceptors (Lipinski definition) is 1. The molecule has 1 heteroatoms. The van der Waals surface area contributed by atoms with Gasteiger partial charge in [0.15, 0.2) is 0 Å². The number of aryl methyl sites for hydroxylation is 1. The Morgan fingerprint density at radius 2 is 1.80 bits per heavy atom. The Morgan fingerprint density at radius 1 is 1.05 bits per heavy atom. The second-order valence-corrected chi connectivity index (χ2v) is 5.83. The van der Waals surface area contributed by atoms with Crippen molar-refractivity contribution in [2.24, 2.45) is 0 Å². The molecular weight excluding hydrogens is 242 g/mol. The van der Waals surface area contributed by atoms with Crippen molar-refractivity contribution < 1.29 is 0 Å². The Labute approximate surface area is 122 Å². The number of fused-ring (bicyclic) bond motifs is 1. The summed E-state index contributed by atoms with van der Waals surface area (Å²) in [6.45, 7) is 3.33. The second-order valence-electron chi connectivity index (χ2n) is 5.83. The summed E-state index contributed by atoms with van der Waals surface area (Å²) < 4.78 is 0. The van der Waals surface area contributed by atoms with Crippen molar-refractivity contribution in [3.63, 3.8) is 0 Å². The number of benzene rings is 2. The van der Waals surface area contributed by atoms with E-state index in [1.807, 2.05) is 0 Å². The van der Waals surface area contributed by atoms with Crippen LogP contribution in [0, 0.1) is 0 Å². The molecule has 104 valence electrons. The van der Waals surface area contributed by atoms with Crippen molar-refractivity contribution in [3.8, 4) is 0 Å². The highest BCUT2D eigenvalue weighted by Gasteiger charge is 2.20. The maximum atomic E-state index is 3.71. The zero-order valence-corrected chi connectivity index (χ0v) is 12.2. The topological polar surface area (TPSA) is 12.0 Å². The second kappa shape index (κ2) is 6.23. The van der Waals surface area contributed by atoms with Crippen LogP contribution < -0.4 is 5.32 Å². The first-order valence-electron chi connectivity index (χ1n) is 7.71. The van der Waals surface area contributed by atoms with Gasteiger partial charge in [0.05, 0.1) is 0 Å². The Hall–Kier alpha value is -1.60. The minimum Gasteiger partial charge on any atom is -0.310 e. The highest BCUT2D eigenvalue weighted by Crippen LogP contribution is 2.31. The molecule has 0 aliphatic heterocycles. The SMILES string of the molecule is C[C@H](NCC1CCCc2ccccc21)c1ccccc1. The Balaban J connectivity index is 1.65. The number of nitrogens with one attached hydrogen (secondary N) is 1. The summed E-state index contributed by atoms with van der Waals surface area (Å²) in [7, 11) is 0. The molecule has 0 fully saturated rings. The summed E-state index contributed by atoms with van der Waals surface area (Å²) in [6, 6.07) is 20.1. The highest BCUT2D eigenvalue weighted by molar-refractivity contribution is 5.33. The fourth-order valence-corrected chi connectivity index (χ4v) is 3.25. The van der Waals surface area contributed by atoms with Gasteiger partial charge in [0, 0.05) is 12.6 Å². The molecule has 2 atom stereocenters. The van der Waals surface area contributed by atoms with Crippen LogP contribution in [0.3, 0.4) is 0 Å². The first-order valence-corrected chi connectivity index (χ1v) is 7.71. The molecule has 0 amide bonds. The molecule has 0 bridgehead atoms. The Bertz CT molecular complexity index is 547. The predicted molar refractivity (Wildman–Crippen MR) is 85.0 cm³/mol. The largest absolute Gasteiger partial charge is 0.310 e. The minimum absolute atomic E-state index is 0.422. The zero-order chi connectivity index (χ0) is 13.8. The van der Waals surface area contributed by atoms with Gasteiger partial charge >= 0.3 is 0 Å². The summed E-state index contributed by atoms with van der Waals surface area (Å²) in [5, 5.41) is 3.71. The first kappa shape index (κ1) is 13.4. The van der Waals surface area contributed by atoms with E-state index < -0.39 is 0 Å². The summed E-state index contributed by atoms with van der Waals surface area (Å²) >= 11 is 0. The number of hydrogen-bond donors (Lipinski definition) is 1. The molecule has 2 aromatic rings. The molecule has 1 nitrogen and oxygen atoms in total. The van der Waals surface area contributed by atoms with E-state index in [1.54, 1.807) is 11.1 Å². The van der Waals surface area contributed by atoms with Crippen LogP contribution in [0.25, 0.3) is 0 Å². The van der Waals surface area contributed by atoms with Crippen molar-refractivity contribution in [1.29, 1.82) is 0 Å². The van der Waals surface area contributed by atoms with Gasteiger partial charge in [-0.3, -0.25) is 0 Å². The molecule has 0 spiro atoms. The molecule has 0 radical (unpaired) electrons. The molecular formula is C19H23N. The van der Waals surface area contributed by atoms with Crippen LogP contribution >= 0.6 is 0 Å². The predicted octanol–water partition coefficient (Wildman–Crippen LogP) is 4.46. The van der Waals surface area contributed by atoms with Gasteiger partial charge in [0.1, 0.15) is 0 Å². The quantitative estimate of drug-likeness (QED) is 0.860. The van der Waals surface area contributed by atoms with Crippen LogP contribution in [0.5, 0.6) is 0 Å². The van der Waals surface area contributed by atoms with Crippen LogP contribution in [0.4, 0.5) is 0 Å². The van der Waals surface area contributed by atoms with Gasteiger partial charge in [-0.05, 0) is 48.8 Å². The van der Waals surface area contributed by atoms with Crippen LogP contribution in [0.15, 0.2) is 54.6 Å². The summed E-state index contributed by atoms with van der Waals surface area (Å²) in [5.41, 5.74) is 4.49. The van der Waals surface area contributed by atoms with E-state index >= 15 is 0 Å². The van der Waals surface area contributed by atoms with Gasteiger partial charge in [-0.25, -0.2) is 0 Å². The van der Waals surface area contributed by atoms with Crippen molar-refractivity contribution >= 4 is 0 Å². The summed E-state index contributed by atoms with van der Waals surface area (Å²) in [4.78, 5) is 0. The lowest BCUT2D eigenvalue weighted by molar-refractivity contribution is 0.473. The molecule has 0 heterocycles. The zero-order valence-electron chi connectivity index (χ0n) is 12.2. The standard InChI is InChI=1S/C19H23N/c1-15(16-8-3-2-4-9-16)20-14-18-12-7-11-17-10-5-6-13-19(17)18/h2-6,8-10,13,15,18,20H,7,11-12,14H2,1H3/t15-,18?/m0/s1. The first-order chi connectivity index (χ1) is 9.84. The molecule has 1 aliphatic rings. The van der Waals surface area contributed by atoms with Gasteiger partial charge in [-0.1, -0.05) is 54.6 Å². The van der Waals surface area contributed by atoms with E-state index in [-0.39, 0.29) is 0 Å². The number of rotatable bonds is 4.